The number of methoxy groups -OCH3 is 1. The number of aromatic nitrogens is 4. The minimum Gasteiger partial charge on any atom is -0.383 e. The Kier molecular flexibility index (Phi) is 6.84. The van der Waals surface area contributed by atoms with Crippen LogP contribution in [-0.4, -0.2) is 62.1 Å². The molecule has 0 aliphatic carbocycles. The highest BCUT2D eigenvalue weighted by atomic mass is 32.2. The average Bonchev–Trinajstić information content (AvgIpc) is 3.08. The summed E-state index contributed by atoms with van der Waals surface area (Å²) in [6.45, 7) is 5.47. The predicted octanol–water partition coefficient (Wildman–Crippen LogP) is 2.87. The van der Waals surface area contributed by atoms with E-state index in [-0.39, 0.29) is 5.91 Å². The molecule has 2 aromatic rings. The van der Waals surface area contributed by atoms with Crippen molar-refractivity contribution in [1.29, 1.82) is 0 Å². The Morgan fingerprint density at radius 1 is 1.22 bits per heavy atom. The molecule has 0 radical (unpaired) electrons. The summed E-state index contributed by atoms with van der Waals surface area (Å²) >= 11 is 1.45. The Hall–Kier alpha value is -1.93. The number of carbonyl (C=O) groups is 1. The van der Waals surface area contributed by atoms with Gasteiger partial charge in [-0.05, 0) is 45.2 Å². The number of nitrogens with zero attached hydrogens (tertiary/aromatic N) is 5. The van der Waals surface area contributed by atoms with Gasteiger partial charge in [-0.2, -0.15) is 0 Å². The monoisotopic (exact) mass is 389 g/mol. The van der Waals surface area contributed by atoms with Crippen LogP contribution in [0.25, 0.3) is 11.4 Å². The molecule has 1 saturated heterocycles. The van der Waals surface area contributed by atoms with Crippen LogP contribution in [0.5, 0.6) is 0 Å². The highest BCUT2D eigenvalue weighted by Crippen LogP contribution is 2.27. The second-order valence-electron chi connectivity index (χ2n) is 6.91. The summed E-state index contributed by atoms with van der Waals surface area (Å²) in [7, 11) is 1.67. The predicted molar refractivity (Wildman–Crippen MR) is 105 cm³/mol. The first-order valence-electron chi connectivity index (χ1n) is 9.38. The van der Waals surface area contributed by atoms with Gasteiger partial charge in [0.15, 0.2) is 11.0 Å². The van der Waals surface area contributed by atoms with Gasteiger partial charge in [0, 0.05) is 37.2 Å². The summed E-state index contributed by atoms with van der Waals surface area (Å²) in [5.74, 6) is 1.31. The lowest BCUT2D eigenvalue weighted by Gasteiger charge is -2.39. The fourth-order valence-corrected chi connectivity index (χ4v) is 4.44. The van der Waals surface area contributed by atoms with Crippen molar-refractivity contribution in [1.82, 2.24) is 24.6 Å². The molecule has 7 nitrogen and oxygen atoms in total. The van der Waals surface area contributed by atoms with Crippen LogP contribution < -0.4 is 0 Å². The molecular weight excluding hydrogens is 362 g/mol. The van der Waals surface area contributed by atoms with Gasteiger partial charge in [0.2, 0.25) is 5.91 Å². The molecule has 2 aromatic heterocycles. The highest BCUT2D eigenvalue weighted by Gasteiger charge is 2.29. The molecule has 3 heterocycles. The summed E-state index contributed by atoms with van der Waals surface area (Å²) in [5, 5.41) is 9.41. The van der Waals surface area contributed by atoms with Crippen molar-refractivity contribution in [2.24, 2.45) is 0 Å². The van der Waals surface area contributed by atoms with Crippen LogP contribution >= 0.6 is 11.8 Å². The van der Waals surface area contributed by atoms with E-state index in [0.29, 0.717) is 31.0 Å². The van der Waals surface area contributed by atoms with E-state index >= 15 is 0 Å². The number of ether oxygens (including phenoxy) is 1. The second-order valence-corrected chi connectivity index (χ2v) is 7.85. The minimum atomic E-state index is 0.173. The lowest BCUT2D eigenvalue weighted by Crippen LogP contribution is -2.48. The molecule has 27 heavy (non-hydrogen) atoms. The molecular formula is C19H27N5O2S. The smallest absolute Gasteiger partial charge is 0.233 e. The number of amides is 1. The Balaban J connectivity index is 1.74. The lowest BCUT2D eigenvalue weighted by molar-refractivity contribution is -0.134. The maximum Gasteiger partial charge on any atom is 0.233 e. The van der Waals surface area contributed by atoms with E-state index in [4.69, 9.17) is 4.74 Å². The van der Waals surface area contributed by atoms with Gasteiger partial charge in [-0.25, -0.2) is 0 Å². The first-order chi connectivity index (χ1) is 13.1. The van der Waals surface area contributed by atoms with Gasteiger partial charge in [0.05, 0.1) is 18.9 Å². The number of hydrogen-bond acceptors (Lipinski definition) is 6. The molecule has 1 fully saturated rings. The maximum absolute atomic E-state index is 12.8. The number of likely N-dealkylation sites (tertiary alicyclic amines) is 1. The Labute approximate surface area is 164 Å². The first-order valence-corrected chi connectivity index (χ1v) is 10.4. The number of piperidine rings is 1. The highest BCUT2D eigenvalue weighted by molar-refractivity contribution is 7.99. The standard InChI is InChI=1S/C19H27N5O2S/c1-14-5-4-6-15(2)24(14)17(25)13-27-19-22-21-18(23(19)11-12-26-3)16-7-9-20-10-8-16/h7-10,14-15H,4-6,11-13H2,1-3H3/t14-,15-/m1/s1. The molecule has 3 rings (SSSR count). The van der Waals surface area contributed by atoms with Gasteiger partial charge in [0.25, 0.3) is 0 Å². The zero-order valence-corrected chi connectivity index (χ0v) is 17.0. The molecule has 0 unspecified atom stereocenters. The number of rotatable bonds is 7. The van der Waals surface area contributed by atoms with Crippen LogP contribution in [-0.2, 0) is 16.1 Å². The Bertz CT molecular complexity index is 742. The summed E-state index contributed by atoms with van der Waals surface area (Å²) in [4.78, 5) is 18.9. The quantitative estimate of drug-likeness (QED) is 0.678. The zero-order valence-electron chi connectivity index (χ0n) is 16.2. The van der Waals surface area contributed by atoms with E-state index < -0.39 is 0 Å². The van der Waals surface area contributed by atoms with E-state index in [1.807, 2.05) is 21.6 Å². The van der Waals surface area contributed by atoms with Crippen molar-refractivity contribution in [3.05, 3.63) is 24.5 Å². The van der Waals surface area contributed by atoms with Crippen LogP contribution in [0.3, 0.4) is 0 Å². The van der Waals surface area contributed by atoms with E-state index in [9.17, 15) is 4.79 Å². The number of carbonyl (C=O) groups excluding carboxylic acids is 1. The summed E-state index contributed by atoms with van der Waals surface area (Å²) < 4.78 is 7.25. The Morgan fingerprint density at radius 2 is 1.93 bits per heavy atom. The van der Waals surface area contributed by atoms with E-state index in [2.05, 4.69) is 29.0 Å². The van der Waals surface area contributed by atoms with Crippen molar-refractivity contribution >= 4 is 17.7 Å². The van der Waals surface area contributed by atoms with Crippen LogP contribution in [0.15, 0.2) is 29.7 Å². The molecule has 1 aliphatic rings. The average molecular weight is 390 g/mol. The third-order valence-electron chi connectivity index (χ3n) is 4.98. The molecule has 1 amide bonds. The zero-order chi connectivity index (χ0) is 19.2. The molecule has 8 heteroatoms. The SMILES string of the molecule is COCCn1c(SCC(=O)N2[C@H](C)CCC[C@H]2C)nnc1-c1ccncc1. The van der Waals surface area contributed by atoms with Crippen molar-refractivity contribution in [3.63, 3.8) is 0 Å². The first kappa shape index (κ1) is 19.8. The van der Waals surface area contributed by atoms with Crippen LogP contribution in [0, 0.1) is 0 Å². The lowest BCUT2D eigenvalue weighted by atomic mass is 9.98. The summed E-state index contributed by atoms with van der Waals surface area (Å²) in [5.41, 5.74) is 0.949. The normalized spacial score (nSPS) is 20.0. The second kappa shape index (κ2) is 9.32. The van der Waals surface area contributed by atoms with Crippen LogP contribution in [0.4, 0.5) is 0 Å². The number of hydrogen-bond donors (Lipinski definition) is 0. The summed E-state index contributed by atoms with van der Waals surface area (Å²) in [6, 6.07) is 4.43. The van der Waals surface area contributed by atoms with Gasteiger partial charge in [0.1, 0.15) is 0 Å². The van der Waals surface area contributed by atoms with Gasteiger partial charge in [-0.1, -0.05) is 11.8 Å². The summed E-state index contributed by atoms with van der Waals surface area (Å²) in [6.07, 6.45) is 6.83. The van der Waals surface area contributed by atoms with Gasteiger partial charge in [-0.15, -0.1) is 10.2 Å². The third-order valence-corrected chi connectivity index (χ3v) is 5.93. The molecule has 0 bridgehead atoms. The molecule has 2 atom stereocenters. The van der Waals surface area contributed by atoms with Crippen molar-refractivity contribution in [2.75, 3.05) is 19.5 Å². The fourth-order valence-electron chi connectivity index (χ4n) is 3.61. The van der Waals surface area contributed by atoms with Gasteiger partial charge >= 0.3 is 0 Å². The number of thioether (sulfide) groups is 1. The van der Waals surface area contributed by atoms with Crippen LogP contribution in [0.1, 0.15) is 33.1 Å². The molecule has 1 aliphatic heterocycles. The molecule has 0 aromatic carbocycles. The number of pyridine rings is 1. The Morgan fingerprint density at radius 3 is 2.59 bits per heavy atom. The largest absolute Gasteiger partial charge is 0.383 e. The molecule has 146 valence electrons. The van der Waals surface area contributed by atoms with Crippen molar-refractivity contribution < 1.29 is 9.53 Å². The van der Waals surface area contributed by atoms with Gasteiger partial charge in [-0.3, -0.25) is 14.3 Å². The van der Waals surface area contributed by atoms with E-state index in [1.54, 1.807) is 19.5 Å². The molecule has 0 N–H and O–H groups in total. The minimum absolute atomic E-state index is 0.173. The molecule has 0 saturated carbocycles. The maximum atomic E-state index is 12.8. The van der Waals surface area contributed by atoms with E-state index in [1.165, 1.54) is 18.2 Å². The van der Waals surface area contributed by atoms with Crippen molar-refractivity contribution in [3.8, 4) is 11.4 Å². The van der Waals surface area contributed by atoms with Gasteiger partial charge < -0.3 is 9.64 Å². The third kappa shape index (κ3) is 4.68. The van der Waals surface area contributed by atoms with Crippen molar-refractivity contribution in [2.45, 2.75) is 56.9 Å². The molecule has 0 spiro atoms. The van der Waals surface area contributed by atoms with E-state index in [0.717, 1.165) is 29.4 Å². The fraction of sp³-hybridized carbons (Fsp3) is 0.579. The van der Waals surface area contributed by atoms with Crippen LogP contribution in [0.2, 0.25) is 0 Å². The topological polar surface area (TPSA) is 73.1 Å².